The number of anilines is 1. The molecule has 2 rings (SSSR count). The van der Waals surface area contributed by atoms with Gasteiger partial charge in [0.15, 0.2) is 5.82 Å². The molecule has 0 aliphatic heterocycles. The maximum Gasteiger partial charge on any atom is 0.162 e. The molecule has 1 saturated carbocycles. The number of hydrogen-bond donors (Lipinski definition) is 2. The Bertz CT molecular complexity index is 437. The number of nitrogens with zero attached hydrogens (tertiary/aromatic N) is 3. The van der Waals surface area contributed by atoms with Gasteiger partial charge in [-0.05, 0) is 37.7 Å². The van der Waals surface area contributed by atoms with Crippen LogP contribution in [0.3, 0.4) is 0 Å². The van der Waals surface area contributed by atoms with Crippen molar-refractivity contribution < 1.29 is 0 Å². The normalized spacial score (nSPS) is 23.1. The van der Waals surface area contributed by atoms with Crippen molar-refractivity contribution in [3.8, 4) is 0 Å². The average molecular weight is 261 g/mol. The summed E-state index contributed by atoms with van der Waals surface area (Å²) in [5.74, 6) is 1.66. The lowest BCUT2D eigenvalue weighted by atomic mass is 9.84. The maximum atomic E-state index is 7.63. The van der Waals surface area contributed by atoms with E-state index in [9.17, 15) is 0 Å². The van der Waals surface area contributed by atoms with Crippen LogP contribution in [-0.4, -0.2) is 29.1 Å². The highest BCUT2D eigenvalue weighted by Crippen LogP contribution is 2.31. The molecule has 1 heterocycles. The van der Waals surface area contributed by atoms with Crippen molar-refractivity contribution in [1.29, 1.82) is 5.41 Å². The quantitative estimate of drug-likeness (QED) is 0.643. The highest BCUT2D eigenvalue weighted by molar-refractivity contribution is 5.99. The van der Waals surface area contributed by atoms with Gasteiger partial charge in [0.1, 0.15) is 5.84 Å². The highest BCUT2D eigenvalue weighted by Gasteiger charge is 2.25. The molecule has 5 heteroatoms. The smallest absolute Gasteiger partial charge is 0.162 e. The van der Waals surface area contributed by atoms with Crippen molar-refractivity contribution in [2.24, 2.45) is 11.7 Å². The third-order valence-electron chi connectivity index (χ3n) is 4.27. The van der Waals surface area contributed by atoms with Crippen molar-refractivity contribution in [1.82, 2.24) is 10.2 Å². The number of hydrogen-bond acceptors (Lipinski definition) is 4. The lowest BCUT2D eigenvalue weighted by molar-refractivity contribution is 0.312. The third kappa shape index (κ3) is 3.03. The molecule has 3 N–H and O–H groups in total. The first-order valence-electron chi connectivity index (χ1n) is 7.02. The number of amidine groups is 1. The zero-order chi connectivity index (χ0) is 13.8. The summed E-state index contributed by atoms with van der Waals surface area (Å²) in [5.41, 5.74) is 6.29. The molecule has 0 amide bonds. The Morgan fingerprint density at radius 1 is 1.42 bits per heavy atom. The number of nitrogens with two attached hydrogens (primary N) is 1. The Morgan fingerprint density at radius 3 is 2.68 bits per heavy atom. The molecular formula is C14H23N5. The van der Waals surface area contributed by atoms with Crippen LogP contribution in [0, 0.1) is 11.3 Å². The van der Waals surface area contributed by atoms with Crippen molar-refractivity contribution in [2.75, 3.05) is 11.9 Å². The third-order valence-corrected chi connectivity index (χ3v) is 4.27. The fourth-order valence-electron chi connectivity index (χ4n) is 2.91. The van der Waals surface area contributed by atoms with E-state index >= 15 is 0 Å². The molecule has 0 atom stereocenters. The number of aromatic nitrogens is 2. The van der Waals surface area contributed by atoms with Gasteiger partial charge in [-0.1, -0.05) is 13.3 Å². The van der Waals surface area contributed by atoms with E-state index in [1.165, 1.54) is 32.1 Å². The van der Waals surface area contributed by atoms with Gasteiger partial charge in [0.05, 0.1) is 11.8 Å². The molecule has 0 unspecified atom stereocenters. The van der Waals surface area contributed by atoms with Crippen LogP contribution in [0.25, 0.3) is 0 Å². The summed E-state index contributed by atoms with van der Waals surface area (Å²) in [6.45, 7) is 2.27. The molecule has 19 heavy (non-hydrogen) atoms. The monoisotopic (exact) mass is 261 g/mol. The second-order valence-electron chi connectivity index (χ2n) is 5.38. The summed E-state index contributed by atoms with van der Waals surface area (Å²) in [7, 11) is 2.04. The number of nitrogen functional groups attached to an aromatic ring is 1. The molecule has 1 aromatic rings. The standard InChI is InChI=1S/C14H23N5/c1-3-10-4-6-11(7-5-10)19(2)14-12(13(15)16)8-9-17-18-14/h8-11H,3-7H2,1-2H3,(H3,15,16). The fourth-order valence-corrected chi connectivity index (χ4v) is 2.91. The van der Waals surface area contributed by atoms with E-state index in [0.29, 0.717) is 11.6 Å². The molecule has 1 aliphatic carbocycles. The predicted octanol–water partition coefficient (Wildman–Crippen LogP) is 2.17. The summed E-state index contributed by atoms with van der Waals surface area (Å²) in [6.07, 6.45) is 7.79. The summed E-state index contributed by atoms with van der Waals surface area (Å²) < 4.78 is 0. The van der Waals surface area contributed by atoms with Gasteiger partial charge >= 0.3 is 0 Å². The van der Waals surface area contributed by atoms with Crippen molar-refractivity contribution in [3.05, 3.63) is 17.8 Å². The molecule has 0 saturated heterocycles. The summed E-state index contributed by atoms with van der Waals surface area (Å²) in [6, 6.07) is 2.25. The first-order valence-corrected chi connectivity index (χ1v) is 7.02. The zero-order valence-corrected chi connectivity index (χ0v) is 11.8. The van der Waals surface area contributed by atoms with Gasteiger partial charge in [0.25, 0.3) is 0 Å². The molecule has 0 bridgehead atoms. The van der Waals surface area contributed by atoms with E-state index in [-0.39, 0.29) is 5.84 Å². The minimum Gasteiger partial charge on any atom is -0.384 e. The molecule has 5 nitrogen and oxygen atoms in total. The Kier molecular flexibility index (Phi) is 4.35. The second-order valence-corrected chi connectivity index (χ2v) is 5.38. The van der Waals surface area contributed by atoms with Gasteiger partial charge in [-0.15, -0.1) is 5.10 Å². The van der Waals surface area contributed by atoms with E-state index in [2.05, 4.69) is 22.0 Å². The van der Waals surface area contributed by atoms with Gasteiger partial charge in [-0.3, -0.25) is 5.41 Å². The van der Waals surface area contributed by atoms with Gasteiger partial charge in [0.2, 0.25) is 0 Å². The van der Waals surface area contributed by atoms with Crippen LogP contribution in [0.4, 0.5) is 5.82 Å². The molecule has 0 radical (unpaired) electrons. The van der Waals surface area contributed by atoms with E-state index in [1.807, 2.05) is 7.05 Å². The van der Waals surface area contributed by atoms with Gasteiger partial charge < -0.3 is 10.6 Å². The zero-order valence-electron chi connectivity index (χ0n) is 11.8. The number of nitrogens with one attached hydrogen (secondary N) is 1. The largest absolute Gasteiger partial charge is 0.384 e. The maximum absolute atomic E-state index is 7.63. The SMILES string of the molecule is CCC1CCC(N(C)c2nnccc2C(=N)N)CC1. The molecule has 104 valence electrons. The minimum atomic E-state index is 0.0546. The van der Waals surface area contributed by atoms with Crippen molar-refractivity contribution >= 4 is 11.7 Å². The van der Waals surface area contributed by atoms with E-state index in [1.54, 1.807) is 12.3 Å². The molecule has 1 aliphatic rings. The van der Waals surface area contributed by atoms with Crippen LogP contribution in [0.1, 0.15) is 44.6 Å². The van der Waals surface area contributed by atoms with Crippen LogP contribution >= 0.6 is 0 Å². The minimum absolute atomic E-state index is 0.0546. The second kappa shape index (κ2) is 5.99. The highest BCUT2D eigenvalue weighted by atomic mass is 15.3. The van der Waals surface area contributed by atoms with Gasteiger partial charge in [-0.2, -0.15) is 5.10 Å². The van der Waals surface area contributed by atoms with Gasteiger partial charge in [-0.25, -0.2) is 0 Å². The first-order chi connectivity index (χ1) is 9.13. The summed E-state index contributed by atoms with van der Waals surface area (Å²) in [4.78, 5) is 2.15. The fraction of sp³-hybridized carbons (Fsp3) is 0.643. The van der Waals surface area contributed by atoms with E-state index in [0.717, 1.165) is 11.7 Å². The molecule has 1 aromatic heterocycles. The van der Waals surface area contributed by atoms with Crippen LogP contribution in [0.5, 0.6) is 0 Å². The van der Waals surface area contributed by atoms with Gasteiger partial charge in [0, 0.05) is 13.1 Å². The van der Waals surface area contributed by atoms with Crippen LogP contribution < -0.4 is 10.6 Å². The summed E-state index contributed by atoms with van der Waals surface area (Å²) in [5, 5.41) is 15.7. The molecular weight excluding hydrogens is 238 g/mol. The van der Waals surface area contributed by atoms with Crippen LogP contribution in [0.2, 0.25) is 0 Å². The lowest BCUT2D eigenvalue weighted by Gasteiger charge is -2.35. The van der Waals surface area contributed by atoms with Crippen LogP contribution in [-0.2, 0) is 0 Å². The van der Waals surface area contributed by atoms with Crippen molar-refractivity contribution in [2.45, 2.75) is 45.1 Å². The number of rotatable bonds is 4. The summed E-state index contributed by atoms with van der Waals surface area (Å²) >= 11 is 0. The molecule has 1 fully saturated rings. The topological polar surface area (TPSA) is 78.9 Å². The lowest BCUT2D eigenvalue weighted by Crippen LogP contribution is -2.37. The van der Waals surface area contributed by atoms with E-state index < -0.39 is 0 Å². The Balaban J connectivity index is 2.12. The molecule has 0 spiro atoms. The predicted molar refractivity (Wildman–Crippen MR) is 77.5 cm³/mol. The Hall–Kier alpha value is -1.65. The van der Waals surface area contributed by atoms with Crippen LogP contribution in [0.15, 0.2) is 12.3 Å². The first kappa shape index (κ1) is 13.8. The Labute approximate surface area is 114 Å². The van der Waals surface area contributed by atoms with Crippen molar-refractivity contribution in [3.63, 3.8) is 0 Å². The average Bonchev–Trinajstić information content (AvgIpc) is 2.46. The molecule has 0 aromatic carbocycles. The van der Waals surface area contributed by atoms with E-state index in [4.69, 9.17) is 11.1 Å². The Morgan fingerprint density at radius 2 is 2.11 bits per heavy atom.